The molecular weight excluding hydrogens is 342 g/mol. The van der Waals surface area contributed by atoms with Crippen LogP contribution in [0.1, 0.15) is 6.92 Å². The minimum atomic E-state index is 0.125. The Morgan fingerprint density at radius 1 is 1.24 bits per heavy atom. The number of benzene rings is 1. The third-order valence-corrected chi connectivity index (χ3v) is 4.35. The van der Waals surface area contributed by atoms with Gasteiger partial charge >= 0.3 is 0 Å². The number of hydrogen-bond acceptors (Lipinski definition) is 6. The van der Waals surface area contributed by atoms with Crippen molar-refractivity contribution in [1.82, 2.24) is 14.9 Å². The van der Waals surface area contributed by atoms with Crippen LogP contribution in [0, 0.1) is 0 Å². The molecule has 0 unspecified atom stereocenters. The van der Waals surface area contributed by atoms with Crippen molar-refractivity contribution in [2.45, 2.75) is 6.92 Å². The highest BCUT2D eigenvalue weighted by atomic mass is 35.5. The van der Waals surface area contributed by atoms with E-state index < -0.39 is 0 Å². The monoisotopic (exact) mass is 361 g/mol. The fourth-order valence-corrected chi connectivity index (χ4v) is 2.95. The number of hydrogen-bond donors (Lipinski definition) is 1. The topological polar surface area (TPSA) is 70.6 Å². The zero-order valence-corrected chi connectivity index (χ0v) is 15.0. The largest absolute Gasteiger partial charge is 0.494 e. The number of nitrogens with zero attached hydrogens (tertiary/aromatic N) is 4. The van der Waals surface area contributed by atoms with Crippen LogP contribution in [-0.4, -0.2) is 54.1 Å². The summed E-state index contributed by atoms with van der Waals surface area (Å²) in [5.41, 5.74) is 1.86. The molecule has 1 saturated heterocycles. The Morgan fingerprint density at radius 2 is 2.00 bits per heavy atom. The number of nitrogens with one attached hydrogen (secondary N) is 1. The molecule has 1 aliphatic rings. The first kappa shape index (κ1) is 17.3. The minimum absolute atomic E-state index is 0.125. The summed E-state index contributed by atoms with van der Waals surface area (Å²) in [5.74, 6) is 1.43. The van der Waals surface area contributed by atoms with Gasteiger partial charge in [-0.3, -0.25) is 4.79 Å². The molecule has 1 aromatic carbocycles. The second-order valence-electron chi connectivity index (χ2n) is 5.71. The highest BCUT2D eigenvalue weighted by Crippen LogP contribution is 2.32. The quantitative estimate of drug-likeness (QED) is 0.844. The van der Waals surface area contributed by atoms with Gasteiger partial charge in [0.1, 0.15) is 11.6 Å². The molecule has 2 heterocycles. The van der Waals surface area contributed by atoms with Gasteiger partial charge in [0.05, 0.1) is 12.8 Å². The summed E-state index contributed by atoms with van der Waals surface area (Å²) in [6.07, 6.45) is 1.59. The molecule has 1 aromatic heterocycles. The van der Waals surface area contributed by atoms with E-state index in [4.69, 9.17) is 16.3 Å². The maximum atomic E-state index is 11.4. The molecule has 1 fully saturated rings. The van der Waals surface area contributed by atoms with Crippen molar-refractivity contribution in [2.24, 2.45) is 0 Å². The van der Waals surface area contributed by atoms with Gasteiger partial charge in [-0.2, -0.15) is 0 Å². The van der Waals surface area contributed by atoms with Gasteiger partial charge in [0.15, 0.2) is 0 Å². The highest BCUT2D eigenvalue weighted by molar-refractivity contribution is 6.28. The van der Waals surface area contributed by atoms with Gasteiger partial charge in [-0.25, -0.2) is 9.97 Å². The molecule has 1 aliphatic heterocycles. The van der Waals surface area contributed by atoms with E-state index in [2.05, 4.69) is 20.2 Å². The second-order valence-corrected chi connectivity index (χ2v) is 6.05. The van der Waals surface area contributed by atoms with Crippen molar-refractivity contribution in [3.05, 3.63) is 35.7 Å². The maximum absolute atomic E-state index is 11.4. The second kappa shape index (κ2) is 7.57. The van der Waals surface area contributed by atoms with Crippen LogP contribution in [0.5, 0.6) is 5.75 Å². The van der Waals surface area contributed by atoms with Gasteiger partial charge in [0.25, 0.3) is 0 Å². The van der Waals surface area contributed by atoms with E-state index in [1.54, 1.807) is 26.3 Å². The van der Waals surface area contributed by atoms with Crippen LogP contribution >= 0.6 is 11.6 Å². The molecule has 0 spiro atoms. The van der Waals surface area contributed by atoms with Crippen LogP contribution in [0.15, 0.2) is 30.5 Å². The van der Waals surface area contributed by atoms with E-state index in [1.165, 1.54) is 0 Å². The Bertz CT molecular complexity index is 762. The van der Waals surface area contributed by atoms with E-state index in [-0.39, 0.29) is 11.2 Å². The summed E-state index contributed by atoms with van der Waals surface area (Å²) in [5, 5.41) is 3.37. The lowest BCUT2D eigenvalue weighted by molar-refractivity contribution is -0.129. The Kier molecular flexibility index (Phi) is 5.23. The lowest BCUT2D eigenvalue weighted by Gasteiger charge is -2.35. The number of halogens is 1. The highest BCUT2D eigenvalue weighted by Gasteiger charge is 2.19. The predicted octanol–water partition coefficient (Wildman–Crippen LogP) is 2.55. The number of aromatic nitrogens is 2. The van der Waals surface area contributed by atoms with Gasteiger partial charge in [-0.05, 0) is 29.8 Å². The zero-order chi connectivity index (χ0) is 17.8. The number of ether oxygens (including phenoxy) is 1. The first-order valence-electron chi connectivity index (χ1n) is 8.01. The van der Waals surface area contributed by atoms with Gasteiger partial charge in [0.2, 0.25) is 11.2 Å². The molecule has 1 N–H and O–H groups in total. The van der Waals surface area contributed by atoms with Crippen molar-refractivity contribution in [2.75, 3.05) is 43.5 Å². The molecule has 7 nitrogen and oxygen atoms in total. The summed E-state index contributed by atoms with van der Waals surface area (Å²) in [6.45, 7) is 4.68. The lowest BCUT2D eigenvalue weighted by Crippen LogP contribution is -2.48. The third-order valence-electron chi connectivity index (χ3n) is 4.16. The Hall–Kier alpha value is -2.54. The molecule has 132 valence electrons. The molecule has 8 heteroatoms. The minimum Gasteiger partial charge on any atom is -0.494 e. The van der Waals surface area contributed by atoms with Crippen molar-refractivity contribution in [1.29, 1.82) is 0 Å². The molecule has 0 radical (unpaired) electrons. The summed E-state index contributed by atoms with van der Waals surface area (Å²) >= 11 is 5.82. The summed E-state index contributed by atoms with van der Waals surface area (Å²) in [4.78, 5) is 23.5. The zero-order valence-electron chi connectivity index (χ0n) is 14.2. The van der Waals surface area contributed by atoms with E-state index >= 15 is 0 Å². The summed E-state index contributed by atoms with van der Waals surface area (Å²) in [6, 6.07) is 7.69. The molecule has 1 amide bonds. The van der Waals surface area contributed by atoms with Crippen LogP contribution in [0.25, 0.3) is 0 Å². The Labute approximate surface area is 151 Å². The molecule has 2 aromatic rings. The fourth-order valence-electron chi connectivity index (χ4n) is 2.80. The number of carbonyl (C=O) groups excluding carboxylic acids is 1. The van der Waals surface area contributed by atoms with Crippen LogP contribution in [0.3, 0.4) is 0 Å². The number of anilines is 3. The Morgan fingerprint density at radius 3 is 2.64 bits per heavy atom. The number of rotatable bonds is 4. The molecular formula is C17H20ClN5O2. The molecule has 3 rings (SSSR count). The van der Waals surface area contributed by atoms with E-state index in [1.807, 2.05) is 23.1 Å². The van der Waals surface area contributed by atoms with Crippen molar-refractivity contribution < 1.29 is 9.53 Å². The average Bonchev–Trinajstić information content (AvgIpc) is 2.62. The molecule has 0 saturated carbocycles. The summed E-state index contributed by atoms with van der Waals surface area (Å²) in [7, 11) is 1.63. The molecule has 0 aliphatic carbocycles. The summed E-state index contributed by atoms with van der Waals surface area (Å²) < 4.78 is 5.51. The number of piperazine rings is 1. The van der Waals surface area contributed by atoms with Gasteiger partial charge in [0, 0.05) is 51.1 Å². The fraction of sp³-hybridized carbons (Fsp3) is 0.353. The van der Waals surface area contributed by atoms with E-state index in [0.717, 1.165) is 37.6 Å². The normalized spacial score (nSPS) is 14.4. The lowest BCUT2D eigenvalue weighted by atomic mass is 10.2. The first-order chi connectivity index (χ1) is 12.1. The van der Waals surface area contributed by atoms with E-state index in [9.17, 15) is 4.79 Å². The Balaban J connectivity index is 1.75. The van der Waals surface area contributed by atoms with Gasteiger partial charge in [-0.1, -0.05) is 0 Å². The number of amides is 1. The van der Waals surface area contributed by atoms with Crippen molar-refractivity contribution in [3.63, 3.8) is 0 Å². The van der Waals surface area contributed by atoms with Crippen molar-refractivity contribution in [3.8, 4) is 5.75 Å². The van der Waals surface area contributed by atoms with Crippen LogP contribution in [0.4, 0.5) is 17.2 Å². The van der Waals surface area contributed by atoms with Crippen LogP contribution in [0.2, 0.25) is 5.28 Å². The molecule has 0 bridgehead atoms. The number of carbonyl (C=O) groups is 1. The number of methoxy groups -OCH3 is 1. The molecule has 0 atom stereocenters. The van der Waals surface area contributed by atoms with Crippen LogP contribution in [-0.2, 0) is 4.79 Å². The van der Waals surface area contributed by atoms with Crippen molar-refractivity contribution >= 4 is 34.7 Å². The smallest absolute Gasteiger partial charge is 0.224 e. The van der Waals surface area contributed by atoms with E-state index in [0.29, 0.717) is 11.6 Å². The molecule has 25 heavy (non-hydrogen) atoms. The van der Waals surface area contributed by atoms with Gasteiger partial charge in [-0.15, -0.1) is 0 Å². The average molecular weight is 362 g/mol. The van der Waals surface area contributed by atoms with Crippen LogP contribution < -0.4 is 15.0 Å². The maximum Gasteiger partial charge on any atom is 0.224 e. The standard InChI is InChI=1S/C17H20ClN5O2/c1-12(24)22-7-9-23(10-8-22)13-3-4-14(15(11-13)25-2)20-16-5-6-19-17(18)21-16/h3-6,11H,7-10H2,1-2H3,(H,19,20,21). The third kappa shape index (κ3) is 4.11. The SMILES string of the molecule is COc1cc(N2CCN(C(C)=O)CC2)ccc1Nc1ccnc(Cl)n1. The van der Waals surface area contributed by atoms with Gasteiger partial charge < -0.3 is 19.9 Å². The first-order valence-corrected chi connectivity index (χ1v) is 8.38. The predicted molar refractivity (Wildman–Crippen MR) is 97.8 cm³/mol.